The topological polar surface area (TPSA) is 200 Å². The molecule has 0 saturated carbocycles. The van der Waals surface area contributed by atoms with Crippen molar-refractivity contribution in [1.29, 1.82) is 0 Å². The van der Waals surface area contributed by atoms with E-state index < -0.39 is 53.5 Å². The van der Waals surface area contributed by atoms with Crippen molar-refractivity contribution < 1.29 is 43.7 Å². The van der Waals surface area contributed by atoms with Crippen LogP contribution in [0.25, 0.3) is 6.08 Å². The maximum absolute atomic E-state index is 13.2. The zero-order valence-electron chi connectivity index (χ0n) is 21.0. The highest BCUT2D eigenvalue weighted by Crippen LogP contribution is 2.15. The summed E-state index contributed by atoms with van der Waals surface area (Å²) >= 11 is 0. The first-order valence-corrected chi connectivity index (χ1v) is 16.3. The van der Waals surface area contributed by atoms with Crippen molar-refractivity contribution in [3.63, 3.8) is 0 Å². The molecule has 16 heteroatoms. The number of nitrogens with zero attached hydrogens (tertiary/aromatic N) is 3. The number of hydrogen-bond donors (Lipinski definition) is 3. The smallest absolute Gasteiger partial charge is 0.272 e. The second-order valence-corrected chi connectivity index (χ2v) is 13.5. The molecule has 13 nitrogen and oxygen atoms in total. The van der Waals surface area contributed by atoms with Gasteiger partial charge in [0.1, 0.15) is 5.69 Å². The molecule has 212 valence electrons. The molecule has 0 atom stereocenters. The van der Waals surface area contributed by atoms with E-state index in [0.29, 0.717) is 12.0 Å². The largest absolute Gasteiger partial charge is 0.336 e. The number of allylic oxidation sites excluding steroid dienone is 1. The molecule has 0 radical (unpaired) electrons. The molecule has 0 aliphatic heterocycles. The third-order valence-corrected chi connectivity index (χ3v) is 7.01. The molecule has 1 aromatic heterocycles. The number of rotatable bonds is 16. The van der Waals surface area contributed by atoms with Crippen LogP contribution in [-0.2, 0) is 36.9 Å². The first-order chi connectivity index (χ1) is 16.9. The van der Waals surface area contributed by atoms with Gasteiger partial charge in [-0.2, -0.15) is 25.3 Å². The molecule has 3 N–H and O–H groups in total. The number of carbonyl (C=O) groups excluding carboxylic acids is 1. The average Bonchev–Trinajstić information content (AvgIpc) is 2.74. The van der Waals surface area contributed by atoms with Gasteiger partial charge in [0, 0.05) is 32.7 Å². The Morgan fingerprint density at radius 3 is 1.86 bits per heavy atom. The van der Waals surface area contributed by atoms with Gasteiger partial charge >= 0.3 is 0 Å². The standard InChI is InChI=1S/C21H35N3O10S3/c1-4-7-24(10-13-37(32,33)34)21(25)20-15-18(6-5-17(2)3)14-19(22-20)16-23(8-11-35(26,27)28)9-12-36(29,30)31/h5-6,14-15,17H,4,7-13,16H2,1-3H3,(H,26,27,28)(H,29,30,31)(H,32,33,34)/b6-5+. The number of hydrogen-bond acceptors (Lipinski definition) is 9. The minimum atomic E-state index is -4.36. The Bertz CT molecular complexity index is 1220. The highest BCUT2D eigenvalue weighted by atomic mass is 32.2. The third-order valence-electron chi connectivity index (χ3n) is 4.91. The summed E-state index contributed by atoms with van der Waals surface area (Å²) in [6.07, 6.45) is 4.12. The molecule has 0 saturated heterocycles. The summed E-state index contributed by atoms with van der Waals surface area (Å²) in [7, 11) is -13.0. The molecule has 0 spiro atoms. The molecule has 1 aromatic rings. The van der Waals surface area contributed by atoms with E-state index in [1.807, 2.05) is 19.9 Å². The molecule has 0 aliphatic carbocycles. The summed E-state index contributed by atoms with van der Waals surface area (Å²) in [6.45, 7) is 4.94. The Morgan fingerprint density at radius 2 is 1.41 bits per heavy atom. The van der Waals surface area contributed by atoms with E-state index >= 15 is 0 Å². The Balaban J connectivity index is 3.40. The van der Waals surface area contributed by atoms with Gasteiger partial charge in [-0.15, -0.1) is 0 Å². The lowest BCUT2D eigenvalue weighted by atomic mass is 10.1. The van der Waals surface area contributed by atoms with Gasteiger partial charge < -0.3 is 4.90 Å². The summed E-state index contributed by atoms with van der Waals surface area (Å²) in [4.78, 5) is 20.1. The van der Waals surface area contributed by atoms with E-state index in [-0.39, 0.29) is 50.0 Å². The van der Waals surface area contributed by atoms with Gasteiger partial charge in [0.25, 0.3) is 36.3 Å². The summed E-state index contributed by atoms with van der Waals surface area (Å²) in [5.41, 5.74) is 0.804. The van der Waals surface area contributed by atoms with Gasteiger partial charge in [-0.1, -0.05) is 32.9 Å². The van der Waals surface area contributed by atoms with E-state index in [4.69, 9.17) is 13.7 Å². The van der Waals surface area contributed by atoms with E-state index in [2.05, 4.69) is 4.98 Å². The van der Waals surface area contributed by atoms with Gasteiger partial charge in [0.05, 0.1) is 23.0 Å². The molecule has 0 aromatic carbocycles. The predicted octanol–water partition coefficient (Wildman–Crippen LogP) is 1.07. The number of carbonyl (C=O) groups is 1. The van der Waals surface area contributed by atoms with Gasteiger partial charge in [0.15, 0.2) is 0 Å². The van der Waals surface area contributed by atoms with Crippen molar-refractivity contribution in [3.05, 3.63) is 35.2 Å². The molecule has 1 amide bonds. The van der Waals surface area contributed by atoms with Gasteiger partial charge in [-0.25, -0.2) is 4.98 Å². The van der Waals surface area contributed by atoms with E-state index in [9.17, 15) is 30.0 Å². The first-order valence-electron chi connectivity index (χ1n) is 11.4. The van der Waals surface area contributed by atoms with Crippen LogP contribution in [0.3, 0.4) is 0 Å². The number of aromatic nitrogens is 1. The zero-order chi connectivity index (χ0) is 28.4. The highest BCUT2D eigenvalue weighted by molar-refractivity contribution is 7.86. The summed E-state index contributed by atoms with van der Waals surface area (Å²) < 4.78 is 94.6. The van der Waals surface area contributed by atoms with Crippen molar-refractivity contribution in [2.24, 2.45) is 5.92 Å². The van der Waals surface area contributed by atoms with Crippen molar-refractivity contribution in [2.75, 3.05) is 43.4 Å². The summed E-state index contributed by atoms with van der Waals surface area (Å²) in [5, 5.41) is 0. The minimum Gasteiger partial charge on any atom is -0.336 e. The summed E-state index contributed by atoms with van der Waals surface area (Å²) in [6, 6.07) is 3.12. The lowest BCUT2D eigenvalue weighted by Gasteiger charge is -2.23. The monoisotopic (exact) mass is 585 g/mol. The molecule has 0 unspecified atom stereocenters. The molecular weight excluding hydrogens is 550 g/mol. The first kappa shape index (κ1) is 33.1. The lowest BCUT2D eigenvalue weighted by Crippen LogP contribution is -2.37. The fourth-order valence-corrected chi connectivity index (χ4v) is 4.59. The fourth-order valence-electron chi connectivity index (χ4n) is 3.16. The molecule has 1 heterocycles. The highest BCUT2D eigenvalue weighted by Gasteiger charge is 2.21. The van der Waals surface area contributed by atoms with Crippen LogP contribution >= 0.6 is 0 Å². The van der Waals surface area contributed by atoms with Crippen LogP contribution in [0.15, 0.2) is 18.2 Å². The van der Waals surface area contributed by atoms with Gasteiger partial charge in [-0.3, -0.25) is 23.4 Å². The van der Waals surface area contributed by atoms with E-state index in [1.54, 1.807) is 19.1 Å². The second kappa shape index (κ2) is 14.3. The summed E-state index contributed by atoms with van der Waals surface area (Å²) in [5.74, 6) is -2.47. The van der Waals surface area contributed by atoms with Crippen molar-refractivity contribution in [1.82, 2.24) is 14.8 Å². The molecule has 0 aliphatic rings. The normalized spacial score (nSPS) is 13.1. The van der Waals surface area contributed by atoms with Crippen LogP contribution < -0.4 is 0 Å². The van der Waals surface area contributed by atoms with Gasteiger partial charge in [0.2, 0.25) is 0 Å². The van der Waals surface area contributed by atoms with Crippen LogP contribution in [0.4, 0.5) is 0 Å². The maximum Gasteiger partial charge on any atom is 0.272 e. The lowest BCUT2D eigenvalue weighted by molar-refractivity contribution is 0.0758. The van der Waals surface area contributed by atoms with Crippen LogP contribution in [-0.4, -0.2) is 103 Å². The Kier molecular flexibility index (Phi) is 12.8. The van der Waals surface area contributed by atoms with Crippen molar-refractivity contribution in [2.45, 2.75) is 33.7 Å². The van der Waals surface area contributed by atoms with Crippen LogP contribution in [0.1, 0.15) is 48.9 Å². The van der Waals surface area contributed by atoms with Crippen LogP contribution in [0, 0.1) is 5.92 Å². The molecule has 1 rings (SSSR count). The Labute approximate surface area is 218 Å². The van der Waals surface area contributed by atoms with E-state index in [1.165, 1.54) is 15.9 Å². The fraction of sp³-hybridized carbons (Fsp3) is 0.619. The van der Waals surface area contributed by atoms with Crippen molar-refractivity contribution >= 4 is 42.3 Å². The SMILES string of the molecule is CCCN(CCS(=O)(=O)O)C(=O)c1cc(/C=C/C(C)C)cc(CN(CCS(=O)(=O)O)CCS(=O)(=O)O)n1. The van der Waals surface area contributed by atoms with Crippen LogP contribution in [0.5, 0.6) is 0 Å². The number of amides is 1. The van der Waals surface area contributed by atoms with E-state index in [0.717, 1.165) is 0 Å². The minimum absolute atomic E-state index is 0.0331. The molecule has 0 bridgehead atoms. The average molecular weight is 586 g/mol. The molecule has 0 fully saturated rings. The van der Waals surface area contributed by atoms with Crippen LogP contribution in [0.2, 0.25) is 0 Å². The Morgan fingerprint density at radius 1 is 0.892 bits per heavy atom. The third kappa shape index (κ3) is 15.1. The predicted molar refractivity (Wildman–Crippen MR) is 139 cm³/mol. The molecule has 37 heavy (non-hydrogen) atoms. The zero-order valence-corrected chi connectivity index (χ0v) is 23.5. The quantitative estimate of drug-likeness (QED) is 0.233. The number of pyridine rings is 1. The second-order valence-electron chi connectivity index (χ2n) is 8.81. The molecular formula is C21H35N3O10S3. The van der Waals surface area contributed by atoms with Gasteiger partial charge in [-0.05, 0) is 30.0 Å². The Hall–Kier alpha value is -1.95. The van der Waals surface area contributed by atoms with Crippen molar-refractivity contribution in [3.8, 4) is 0 Å². The maximum atomic E-state index is 13.2.